The number of halogens is 3. The summed E-state index contributed by atoms with van der Waals surface area (Å²) in [5.41, 5.74) is -0.174. The number of carbonyl (C=O) groups excluding carboxylic acids is 1. The highest BCUT2D eigenvalue weighted by Crippen LogP contribution is 2.31. The van der Waals surface area contributed by atoms with E-state index in [1.165, 1.54) is 23.9 Å². The van der Waals surface area contributed by atoms with E-state index in [0.717, 1.165) is 12.1 Å². The van der Waals surface area contributed by atoms with Crippen LogP contribution in [0.15, 0.2) is 53.7 Å². The van der Waals surface area contributed by atoms with Crippen molar-refractivity contribution in [1.82, 2.24) is 14.8 Å². The van der Waals surface area contributed by atoms with E-state index in [9.17, 15) is 18.0 Å². The van der Waals surface area contributed by atoms with Crippen molar-refractivity contribution in [2.75, 3.05) is 18.2 Å². The first-order chi connectivity index (χ1) is 15.3. The van der Waals surface area contributed by atoms with Crippen LogP contribution < -0.4 is 14.8 Å². The number of nitrogens with zero attached hydrogens (tertiary/aromatic N) is 3. The predicted octanol–water partition coefficient (Wildman–Crippen LogP) is 4.64. The molecule has 0 bridgehead atoms. The minimum absolute atomic E-state index is 0.0568. The van der Waals surface area contributed by atoms with Crippen LogP contribution in [-0.4, -0.2) is 33.5 Å². The molecule has 0 saturated heterocycles. The Hall–Kier alpha value is -3.21. The van der Waals surface area contributed by atoms with Crippen LogP contribution in [0.5, 0.6) is 11.5 Å². The molecule has 0 unspecified atom stereocenters. The molecule has 1 heterocycles. The second-order valence-electron chi connectivity index (χ2n) is 6.53. The van der Waals surface area contributed by atoms with Gasteiger partial charge in [0.15, 0.2) is 11.0 Å². The normalized spacial score (nSPS) is 11.3. The Labute approximate surface area is 186 Å². The minimum atomic E-state index is -4.45. The van der Waals surface area contributed by atoms with Crippen LogP contribution in [0.2, 0.25) is 0 Å². The van der Waals surface area contributed by atoms with Crippen molar-refractivity contribution in [1.29, 1.82) is 0 Å². The van der Waals surface area contributed by atoms with Gasteiger partial charge in [-0.1, -0.05) is 23.9 Å². The van der Waals surface area contributed by atoms with Gasteiger partial charge >= 0.3 is 6.18 Å². The fourth-order valence-corrected chi connectivity index (χ4v) is 3.61. The van der Waals surface area contributed by atoms with Gasteiger partial charge < -0.3 is 19.4 Å². The molecule has 0 aliphatic rings. The van der Waals surface area contributed by atoms with Crippen molar-refractivity contribution in [2.24, 2.45) is 0 Å². The average Bonchev–Trinajstić information content (AvgIpc) is 3.18. The first-order valence-corrected chi connectivity index (χ1v) is 10.6. The van der Waals surface area contributed by atoms with Crippen LogP contribution in [-0.2, 0) is 24.1 Å². The van der Waals surface area contributed by atoms with Crippen LogP contribution in [0.4, 0.5) is 18.9 Å². The molecule has 170 valence electrons. The van der Waals surface area contributed by atoms with Gasteiger partial charge in [-0.25, -0.2) is 0 Å². The number of hydrogen-bond donors (Lipinski definition) is 1. The van der Waals surface area contributed by atoms with Crippen LogP contribution >= 0.6 is 11.8 Å². The molecule has 1 N–H and O–H groups in total. The minimum Gasteiger partial charge on any atom is -0.497 e. The number of alkyl halides is 3. The molecule has 0 aliphatic carbocycles. The molecule has 0 spiro atoms. The quantitative estimate of drug-likeness (QED) is 0.463. The van der Waals surface area contributed by atoms with Gasteiger partial charge in [0.1, 0.15) is 18.1 Å². The topological polar surface area (TPSA) is 78.3 Å². The molecule has 0 radical (unpaired) electrons. The van der Waals surface area contributed by atoms with Gasteiger partial charge in [-0.2, -0.15) is 13.2 Å². The van der Waals surface area contributed by atoms with Crippen LogP contribution in [0.1, 0.15) is 18.3 Å². The van der Waals surface area contributed by atoms with E-state index in [-0.39, 0.29) is 24.0 Å². The SMILES string of the molecule is CCn1c(COc2cccc(C(F)(F)F)c2)nnc1SCC(=O)Nc1cccc(OC)c1. The molecule has 0 fully saturated rings. The Morgan fingerprint density at radius 3 is 2.59 bits per heavy atom. The summed E-state index contributed by atoms with van der Waals surface area (Å²) in [7, 11) is 1.54. The molecule has 0 aliphatic heterocycles. The smallest absolute Gasteiger partial charge is 0.416 e. The lowest BCUT2D eigenvalue weighted by atomic mass is 10.2. The third kappa shape index (κ3) is 6.16. The lowest BCUT2D eigenvalue weighted by Gasteiger charge is -2.11. The lowest BCUT2D eigenvalue weighted by Crippen LogP contribution is -2.15. The number of methoxy groups -OCH3 is 1. The largest absolute Gasteiger partial charge is 0.497 e. The highest BCUT2D eigenvalue weighted by atomic mass is 32.2. The van der Waals surface area contributed by atoms with Crippen LogP contribution in [0.25, 0.3) is 0 Å². The summed E-state index contributed by atoms with van der Waals surface area (Å²) in [6.45, 7) is 2.32. The van der Waals surface area contributed by atoms with Crippen molar-refractivity contribution in [3.63, 3.8) is 0 Å². The molecule has 3 aromatic rings. The monoisotopic (exact) mass is 466 g/mol. The number of carbonyl (C=O) groups is 1. The average molecular weight is 466 g/mol. The molecule has 2 aromatic carbocycles. The standard InChI is InChI=1S/C21H21F3N4O3S/c1-3-28-18(12-31-17-9-4-6-14(10-17)21(22,23)24)26-27-20(28)32-13-19(29)25-15-7-5-8-16(11-15)30-2/h4-11H,3,12-13H2,1-2H3,(H,25,29). The molecule has 7 nitrogen and oxygen atoms in total. The number of amides is 1. The zero-order valence-electron chi connectivity index (χ0n) is 17.3. The van der Waals surface area contributed by atoms with Gasteiger partial charge in [0.2, 0.25) is 5.91 Å². The van der Waals surface area contributed by atoms with E-state index < -0.39 is 11.7 Å². The van der Waals surface area contributed by atoms with Crippen molar-refractivity contribution < 1.29 is 27.4 Å². The molecule has 0 saturated carbocycles. The summed E-state index contributed by atoms with van der Waals surface area (Å²) >= 11 is 1.20. The third-order valence-electron chi connectivity index (χ3n) is 4.32. The summed E-state index contributed by atoms with van der Waals surface area (Å²) in [5, 5.41) is 11.4. The molecule has 3 rings (SSSR count). The number of thioether (sulfide) groups is 1. The fourth-order valence-electron chi connectivity index (χ4n) is 2.79. The molecule has 0 atom stereocenters. The summed E-state index contributed by atoms with van der Waals surface area (Å²) in [4.78, 5) is 12.3. The first-order valence-electron chi connectivity index (χ1n) is 9.59. The van der Waals surface area contributed by atoms with Gasteiger partial charge in [0.25, 0.3) is 0 Å². The van der Waals surface area contributed by atoms with Crippen LogP contribution in [0.3, 0.4) is 0 Å². The number of aromatic nitrogens is 3. The summed E-state index contributed by atoms with van der Waals surface area (Å²) in [5.74, 6) is 1.03. The Morgan fingerprint density at radius 1 is 1.12 bits per heavy atom. The van der Waals surface area contributed by atoms with Crippen molar-refractivity contribution in [2.45, 2.75) is 31.4 Å². The van der Waals surface area contributed by atoms with E-state index in [1.54, 1.807) is 35.9 Å². The number of anilines is 1. The summed E-state index contributed by atoms with van der Waals surface area (Å²) in [6, 6.07) is 11.6. The maximum Gasteiger partial charge on any atom is 0.416 e. The Balaban J connectivity index is 1.59. The van der Waals surface area contributed by atoms with Crippen molar-refractivity contribution in [3.8, 4) is 11.5 Å². The van der Waals surface area contributed by atoms with E-state index >= 15 is 0 Å². The predicted molar refractivity (Wildman–Crippen MR) is 114 cm³/mol. The summed E-state index contributed by atoms with van der Waals surface area (Å²) in [6.07, 6.45) is -4.45. The highest BCUT2D eigenvalue weighted by molar-refractivity contribution is 7.99. The highest BCUT2D eigenvalue weighted by Gasteiger charge is 2.30. The molecular weight excluding hydrogens is 445 g/mol. The molecule has 32 heavy (non-hydrogen) atoms. The number of rotatable bonds is 9. The number of hydrogen-bond acceptors (Lipinski definition) is 6. The van der Waals surface area contributed by atoms with E-state index in [4.69, 9.17) is 9.47 Å². The molecule has 1 amide bonds. The van der Waals surface area contributed by atoms with Gasteiger partial charge in [-0.05, 0) is 37.3 Å². The number of ether oxygens (including phenoxy) is 2. The molecule has 11 heteroatoms. The Bertz CT molecular complexity index is 1070. The van der Waals surface area contributed by atoms with Gasteiger partial charge in [0.05, 0.1) is 18.4 Å². The second-order valence-corrected chi connectivity index (χ2v) is 7.47. The Kier molecular flexibility index (Phi) is 7.62. The zero-order valence-corrected chi connectivity index (χ0v) is 18.2. The lowest BCUT2D eigenvalue weighted by molar-refractivity contribution is -0.137. The van der Waals surface area contributed by atoms with E-state index in [0.29, 0.717) is 29.0 Å². The zero-order chi connectivity index (χ0) is 23.1. The molecule has 1 aromatic heterocycles. The van der Waals surface area contributed by atoms with E-state index in [1.807, 2.05) is 6.92 Å². The van der Waals surface area contributed by atoms with Crippen molar-refractivity contribution in [3.05, 3.63) is 59.9 Å². The number of nitrogens with one attached hydrogen (secondary N) is 1. The Morgan fingerprint density at radius 2 is 1.88 bits per heavy atom. The van der Waals surface area contributed by atoms with Crippen molar-refractivity contribution >= 4 is 23.4 Å². The summed E-state index contributed by atoms with van der Waals surface area (Å²) < 4.78 is 50.9. The second kappa shape index (κ2) is 10.4. The van der Waals surface area contributed by atoms with Crippen LogP contribution in [0, 0.1) is 0 Å². The third-order valence-corrected chi connectivity index (χ3v) is 5.29. The maximum absolute atomic E-state index is 12.9. The van der Waals surface area contributed by atoms with E-state index in [2.05, 4.69) is 15.5 Å². The van der Waals surface area contributed by atoms with Gasteiger partial charge in [-0.15, -0.1) is 10.2 Å². The van der Waals surface area contributed by atoms with Gasteiger partial charge in [-0.3, -0.25) is 4.79 Å². The molecular formula is C21H21F3N4O3S. The number of benzene rings is 2. The maximum atomic E-state index is 12.9. The fraction of sp³-hybridized carbons (Fsp3) is 0.286. The first kappa shape index (κ1) is 23.5. The van der Waals surface area contributed by atoms with Gasteiger partial charge in [0, 0.05) is 18.3 Å².